The Morgan fingerprint density at radius 2 is 2.00 bits per heavy atom. The summed E-state index contributed by atoms with van der Waals surface area (Å²) in [6.07, 6.45) is 5.24. The van der Waals surface area contributed by atoms with E-state index in [1.165, 1.54) is 24.1 Å². The maximum atomic E-state index is 13.4. The van der Waals surface area contributed by atoms with Crippen LogP contribution in [0.5, 0.6) is 0 Å². The summed E-state index contributed by atoms with van der Waals surface area (Å²) >= 11 is 1.19. The van der Waals surface area contributed by atoms with Gasteiger partial charge in [-0.25, -0.2) is 13.8 Å². The van der Waals surface area contributed by atoms with Crippen molar-refractivity contribution in [3.63, 3.8) is 0 Å². The van der Waals surface area contributed by atoms with Crippen molar-refractivity contribution in [3.05, 3.63) is 71.1 Å². The Bertz CT molecular complexity index is 1130. The smallest absolute Gasteiger partial charge is 0.286 e. The molecule has 11 heteroatoms. The highest BCUT2D eigenvalue weighted by atomic mass is 32.2. The molecule has 9 nitrogen and oxygen atoms in total. The van der Waals surface area contributed by atoms with Gasteiger partial charge in [0.2, 0.25) is 17.7 Å². The number of halogens is 1. The van der Waals surface area contributed by atoms with E-state index in [1.54, 1.807) is 24.3 Å². The van der Waals surface area contributed by atoms with E-state index in [0.717, 1.165) is 0 Å². The lowest BCUT2D eigenvalue weighted by atomic mass is 9.89. The number of rotatable bonds is 6. The average Bonchev–Trinajstić information content (AvgIpc) is 3.16. The third kappa shape index (κ3) is 3.92. The second kappa shape index (κ2) is 8.03. The summed E-state index contributed by atoms with van der Waals surface area (Å²) in [4.78, 5) is 35.9. The topological polar surface area (TPSA) is 149 Å². The standard InChI is InChI=1S/C19H16FN7O2S/c20-10-4-1-3-9(7-10)8-23-19-25-17(24-18(26-19)16(22)29)13-11-5-2-6-12(15(21)28)14(11)30-27-13/h1-7,11,14H,8H2,(H2,21,28)(H2,22,29)(H,23,24,25,26). The molecule has 2 aromatic rings. The molecular weight excluding hydrogens is 409 g/mol. The molecule has 1 aromatic heterocycles. The fraction of sp³-hybridized carbons (Fsp3) is 0.158. The number of anilines is 1. The predicted molar refractivity (Wildman–Crippen MR) is 110 cm³/mol. The Morgan fingerprint density at radius 1 is 1.17 bits per heavy atom. The number of carbonyl (C=O) groups excluding carboxylic acids is 2. The predicted octanol–water partition coefficient (Wildman–Crippen LogP) is 1.14. The maximum absolute atomic E-state index is 13.4. The van der Waals surface area contributed by atoms with Crippen molar-refractivity contribution in [2.24, 2.45) is 21.8 Å². The lowest BCUT2D eigenvalue weighted by Gasteiger charge is -2.20. The first-order valence-electron chi connectivity index (χ1n) is 8.89. The Labute approximate surface area is 174 Å². The highest BCUT2D eigenvalue weighted by Gasteiger charge is 2.39. The molecule has 2 amide bonds. The van der Waals surface area contributed by atoms with Crippen LogP contribution in [0, 0.1) is 11.7 Å². The molecule has 0 spiro atoms. The Balaban J connectivity index is 1.62. The molecule has 2 heterocycles. The number of nitrogens with zero attached hydrogens (tertiary/aromatic N) is 4. The maximum Gasteiger partial charge on any atom is 0.286 e. The third-order valence-electron chi connectivity index (χ3n) is 4.52. The molecule has 2 unspecified atom stereocenters. The van der Waals surface area contributed by atoms with Gasteiger partial charge in [0, 0.05) is 18.0 Å². The first-order valence-corrected chi connectivity index (χ1v) is 9.72. The van der Waals surface area contributed by atoms with Crippen LogP contribution in [0.2, 0.25) is 0 Å². The van der Waals surface area contributed by atoms with Gasteiger partial charge in [0.1, 0.15) is 11.5 Å². The largest absolute Gasteiger partial charge is 0.366 e. The molecular formula is C19H16FN7O2S. The fourth-order valence-corrected chi connectivity index (χ4v) is 4.21. The number of amides is 2. The molecule has 0 saturated heterocycles. The van der Waals surface area contributed by atoms with E-state index in [1.807, 2.05) is 6.08 Å². The summed E-state index contributed by atoms with van der Waals surface area (Å²) < 4.78 is 17.8. The van der Waals surface area contributed by atoms with E-state index in [-0.39, 0.29) is 41.1 Å². The molecule has 0 saturated carbocycles. The van der Waals surface area contributed by atoms with Gasteiger partial charge in [-0.05, 0) is 29.6 Å². The highest BCUT2D eigenvalue weighted by Crippen LogP contribution is 2.39. The second-order valence-corrected chi connectivity index (χ2v) is 7.45. The fourth-order valence-electron chi connectivity index (χ4n) is 3.12. The van der Waals surface area contributed by atoms with Crippen LogP contribution in [0.3, 0.4) is 0 Å². The van der Waals surface area contributed by atoms with Crippen LogP contribution < -0.4 is 16.8 Å². The van der Waals surface area contributed by atoms with Crippen molar-refractivity contribution >= 4 is 35.4 Å². The number of hydrogen-bond donors (Lipinski definition) is 3. The number of primary amides is 2. The van der Waals surface area contributed by atoms with Crippen LogP contribution in [0.4, 0.5) is 10.3 Å². The lowest BCUT2D eigenvalue weighted by molar-refractivity contribution is -0.114. The van der Waals surface area contributed by atoms with Crippen LogP contribution in [0.25, 0.3) is 0 Å². The van der Waals surface area contributed by atoms with Crippen LogP contribution >= 0.6 is 11.9 Å². The third-order valence-corrected chi connectivity index (χ3v) is 5.59. The zero-order valence-electron chi connectivity index (χ0n) is 15.4. The monoisotopic (exact) mass is 425 g/mol. The van der Waals surface area contributed by atoms with Gasteiger partial charge in [-0.2, -0.15) is 9.97 Å². The summed E-state index contributed by atoms with van der Waals surface area (Å²) in [5.41, 5.74) is 12.4. The quantitative estimate of drug-likeness (QED) is 0.587. The first kappa shape index (κ1) is 19.7. The van der Waals surface area contributed by atoms with Gasteiger partial charge >= 0.3 is 0 Å². The van der Waals surface area contributed by atoms with Gasteiger partial charge in [0.05, 0.1) is 5.25 Å². The Kier molecular flexibility index (Phi) is 5.27. The van der Waals surface area contributed by atoms with E-state index in [9.17, 15) is 14.0 Å². The molecule has 2 atom stereocenters. The van der Waals surface area contributed by atoms with Gasteiger partial charge in [0.15, 0.2) is 5.82 Å². The van der Waals surface area contributed by atoms with Crippen LogP contribution in [0.1, 0.15) is 22.0 Å². The van der Waals surface area contributed by atoms with Crippen LogP contribution in [-0.4, -0.2) is 37.7 Å². The van der Waals surface area contributed by atoms with Gasteiger partial charge < -0.3 is 16.8 Å². The number of aromatic nitrogens is 3. The molecule has 4 rings (SSSR count). The highest BCUT2D eigenvalue weighted by molar-refractivity contribution is 7.99. The zero-order valence-corrected chi connectivity index (χ0v) is 16.3. The number of fused-ring (bicyclic) bond motifs is 1. The van der Waals surface area contributed by atoms with Gasteiger partial charge in [-0.3, -0.25) is 9.59 Å². The Morgan fingerprint density at radius 3 is 2.73 bits per heavy atom. The van der Waals surface area contributed by atoms with Crippen molar-refractivity contribution in [3.8, 4) is 0 Å². The number of nitrogens with one attached hydrogen (secondary N) is 1. The van der Waals surface area contributed by atoms with Crippen molar-refractivity contribution in [2.75, 3.05) is 5.32 Å². The summed E-state index contributed by atoms with van der Waals surface area (Å²) in [6.45, 7) is 0.223. The normalized spacial score (nSPS) is 19.6. The molecule has 5 N–H and O–H groups in total. The van der Waals surface area contributed by atoms with E-state index in [0.29, 0.717) is 16.8 Å². The zero-order chi connectivity index (χ0) is 21.3. The van der Waals surface area contributed by atoms with Gasteiger partial charge in [-0.15, -0.1) is 0 Å². The van der Waals surface area contributed by atoms with Crippen molar-refractivity contribution in [1.29, 1.82) is 0 Å². The SMILES string of the molecule is NC(=O)C1=CC=CC2C(c3nc(NCc4cccc(F)c4)nc(C(N)=O)n3)=NSC12. The minimum Gasteiger partial charge on any atom is -0.366 e. The molecule has 1 aliphatic heterocycles. The molecule has 0 fully saturated rings. The molecule has 1 aliphatic carbocycles. The van der Waals surface area contributed by atoms with E-state index >= 15 is 0 Å². The van der Waals surface area contributed by atoms with Gasteiger partial charge in [-0.1, -0.05) is 30.4 Å². The first-order chi connectivity index (χ1) is 14.4. The number of carbonyl (C=O) groups is 2. The minimum atomic E-state index is -0.827. The van der Waals surface area contributed by atoms with Crippen LogP contribution in [-0.2, 0) is 11.3 Å². The molecule has 0 bridgehead atoms. The average molecular weight is 425 g/mol. The van der Waals surface area contributed by atoms with Crippen molar-refractivity contribution < 1.29 is 14.0 Å². The van der Waals surface area contributed by atoms with Crippen LogP contribution in [0.15, 0.2) is 52.5 Å². The van der Waals surface area contributed by atoms with Crippen molar-refractivity contribution in [1.82, 2.24) is 15.0 Å². The molecule has 2 aliphatic rings. The molecule has 30 heavy (non-hydrogen) atoms. The summed E-state index contributed by atoms with van der Waals surface area (Å²) in [6, 6.07) is 6.04. The summed E-state index contributed by atoms with van der Waals surface area (Å²) in [5, 5.41) is 2.65. The van der Waals surface area contributed by atoms with Gasteiger partial charge in [0.25, 0.3) is 5.91 Å². The molecule has 1 aromatic carbocycles. The van der Waals surface area contributed by atoms with Crippen molar-refractivity contribution in [2.45, 2.75) is 11.8 Å². The lowest BCUT2D eigenvalue weighted by Crippen LogP contribution is -2.31. The summed E-state index contributed by atoms with van der Waals surface area (Å²) in [5.74, 6) is -1.98. The summed E-state index contributed by atoms with van der Waals surface area (Å²) in [7, 11) is 0. The second-order valence-electron chi connectivity index (χ2n) is 6.55. The molecule has 152 valence electrons. The number of allylic oxidation sites excluding steroid dienone is 3. The molecule has 0 radical (unpaired) electrons. The number of hydrogen-bond acceptors (Lipinski definition) is 8. The minimum absolute atomic E-state index is 0.0969. The van der Waals surface area contributed by atoms with E-state index < -0.39 is 11.8 Å². The van der Waals surface area contributed by atoms with E-state index in [4.69, 9.17) is 11.5 Å². The van der Waals surface area contributed by atoms with E-state index in [2.05, 4.69) is 24.7 Å². The number of benzene rings is 1. The Hall–Kier alpha value is -3.60. The number of nitrogens with two attached hydrogens (primary N) is 2.